The molecule has 0 bridgehead atoms. The maximum absolute atomic E-state index is 12.8. The molecule has 0 amide bonds. The van der Waals surface area contributed by atoms with Crippen LogP contribution in [0, 0.1) is 0 Å². The summed E-state index contributed by atoms with van der Waals surface area (Å²) in [7, 11) is 0. The van der Waals surface area contributed by atoms with Gasteiger partial charge in [0.1, 0.15) is 5.76 Å². The number of fused-ring (bicyclic) bond motifs is 1. The fourth-order valence-electron chi connectivity index (χ4n) is 3.58. The van der Waals surface area contributed by atoms with Crippen LogP contribution in [0.25, 0.3) is 11.1 Å². The lowest BCUT2D eigenvalue weighted by molar-refractivity contribution is 0.454. The van der Waals surface area contributed by atoms with Crippen LogP contribution >= 0.6 is 0 Å². The van der Waals surface area contributed by atoms with E-state index >= 15 is 0 Å². The highest BCUT2D eigenvalue weighted by molar-refractivity contribution is 5.80. The van der Waals surface area contributed by atoms with Crippen LogP contribution in [0.1, 0.15) is 44.4 Å². The van der Waals surface area contributed by atoms with Gasteiger partial charge in [0, 0.05) is 25.1 Å². The second-order valence-electron chi connectivity index (χ2n) is 6.11. The molecule has 23 heavy (non-hydrogen) atoms. The van der Waals surface area contributed by atoms with Gasteiger partial charge in [0.15, 0.2) is 0 Å². The zero-order chi connectivity index (χ0) is 16.2. The molecule has 0 fully saturated rings. The fourth-order valence-corrected chi connectivity index (χ4v) is 3.58. The van der Waals surface area contributed by atoms with Gasteiger partial charge >= 0.3 is 5.63 Å². The lowest BCUT2D eigenvalue weighted by atomic mass is 9.98. The van der Waals surface area contributed by atoms with Gasteiger partial charge in [-0.25, -0.2) is 4.79 Å². The molecule has 0 saturated heterocycles. The first kappa shape index (κ1) is 15.9. The average Bonchev–Trinajstić information content (AvgIpc) is 2.81. The van der Waals surface area contributed by atoms with Crippen molar-refractivity contribution < 1.29 is 4.42 Å². The molecular formula is C20H25NO2. The third-order valence-electron chi connectivity index (χ3n) is 4.75. The van der Waals surface area contributed by atoms with Gasteiger partial charge in [-0.05, 0) is 38.7 Å². The Hall–Kier alpha value is -2.03. The summed E-state index contributed by atoms with van der Waals surface area (Å²) in [5.74, 6) is 0.911. The van der Waals surface area contributed by atoms with Crippen molar-refractivity contribution in [3.8, 4) is 11.1 Å². The third kappa shape index (κ3) is 3.05. The predicted octanol–water partition coefficient (Wildman–Crippen LogP) is 4.42. The number of hydrogen-bond acceptors (Lipinski definition) is 3. The maximum atomic E-state index is 12.8. The van der Waals surface area contributed by atoms with Crippen molar-refractivity contribution >= 4 is 5.69 Å². The van der Waals surface area contributed by atoms with Crippen molar-refractivity contribution in [2.75, 3.05) is 18.0 Å². The molecule has 0 unspecified atom stereocenters. The van der Waals surface area contributed by atoms with Crippen LogP contribution in [0.4, 0.5) is 5.69 Å². The number of rotatable bonds is 4. The first-order valence-corrected chi connectivity index (χ1v) is 8.75. The molecule has 0 saturated carbocycles. The van der Waals surface area contributed by atoms with E-state index in [1.54, 1.807) is 0 Å². The van der Waals surface area contributed by atoms with Gasteiger partial charge in [-0.3, -0.25) is 0 Å². The van der Waals surface area contributed by atoms with E-state index in [-0.39, 0.29) is 5.63 Å². The molecule has 0 spiro atoms. The van der Waals surface area contributed by atoms with E-state index in [4.69, 9.17) is 4.42 Å². The summed E-state index contributed by atoms with van der Waals surface area (Å²) in [6, 6.07) is 9.94. The van der Waals surface area contributed by atoms with E-state index in [0.717, 1.165) is 54.9 Å². The molecule has 3 rings (SSSR count). The van der Waals surface area contributed by atoms with Crippen LogP contribution in [0.2, 0.25) is 0 Å². The summed E-state index contributed by atoms with van der Waals surface area (Å²) in [6.07, 6.45) is 5.37. The molecule has 1 heterocycles. The molecule has 2 aromatic rings. The summed E-state index contributed by atoms with van der Waals surface area (Å²) in [5, 5.41) is 0. The van der Waals surface area contributed by atoms with Gasteiger partial charge in [0.2, 0.25) is 0 Å². The lowest BCUT2D eigenvalue weighted by Crippen LogP contribution is -2.27. The maximum Gasteiger partial charge on any atom is 0.345 e. The fraction of sp³-hybridized carbons (Fsp3) is 0.450. The monoisotopic (exact) mass is 311 g/mol. The summed E-state index contributed by atoms with van der Waals surface area (Å²) >= 11 is 0. The smallest absolute Gasteiger partial charge is 0.345 e. The van der Waals surface area contributed by atoms with E-state index in [1.165, 1.54) is 18.4 Å². The highest BCUT2D eigenvalue weighted by Gasteiger charge is 2.24. The van der Waals surface area contributed by atoms with Crippen LogP contribution in [0.5, 0.6) is 0 Å². The van der Waals surface area contributed by atoms with Gasteiger partial charge in [-0.2, -0.15) is 0 Å². The molecule has 1 aliphatic rings. The minimum absolute atomic E-state index is 0.196. The third-order valence-corrected chi connectivity index (χ3v) is 4.75. The molecule has 1 aromatic carbocycles. The molecular weight excluding hydrogens is 286 g/mol. The summed E-state index contributed by atoms with van der Waals surface area (Å²) < 4.78 is 5.76. The average molecular weight is 311 g/mol. The van der Waals surface area contributed by atoms with Gasteiger partial charge in [0.25, 0.3) is 0 Å². The van der Waals surface area contributed by atoms with E-state index in [0.29, 0.717) is 0 Å². The second kappa shape index (κ2) is 7.03. The molecule has 1 aliphatic carbocycles. The number of benzene rings is 1. The Morgan fingerprint density at radius 2 is 1.70 bits per heavy atom. The van der Waals surface area contributed by atoms with Crippen molar-refractivity contribution in [3.05, 3.63) is 52.1 Å². The SMILES string of the molecule is CCN(CC)c1c2c(oc(=O)c1-c1ccccc1)CCCCC2. The van der Waals surface area contributed by atoms with E-state index in [1.807, 2.05) is 30.3 Å². The normalized spacial score (nSPS) is 14.2. The summed E-state index contributed by atoms with van der Waals surface area (Å²) in [6.45, 7) is 6.09. The first-order chi connectivity index (χ1) is 11.3. The van der Waals surface area contributed by atoms with Gasteiger partial charge < -0.3 is 9.32 Å². The standard InChI is InChI=1S/C20H25NO2/c1-3-21(4-2)19-16-13-9-6-10-14-17(16)23-20(22)18(19)15-11-7-5-8-12-15/h5,7-8,11-12H,3-4,6,9-10,13-14H2,1-2H3. The van der Waals surface area contributed by atoms with E-state index in [2.05, 4.69) is 18.7 Å². The van der Waals surface area contributed by atoms with Crippen LogP contribution in [-0.4, -0.2) is 13.1 Å². The van der Waals surface area contributed by atoms with Crippen molar-refractivity contribution in [1.29, 1.82) is 0 Å². The predicted molar refractivity (Wildman–Crippen MR) is 95.2 cm³/mol. The Bertz CT molecular complexity index is 714. The minimum atomic E-state index is -0.196. The number of anilines is 1. The Kier molecular flexibility index (Phi) is 4.85. The summed E-state index contributed by atoms with van der Waals surface area (Å²) in [5.41, 5.74) is 3.85. The summed E-state index contributed by atoms with van der Waals surface area (Å²) in [4.78, 5) is 15.1. The van der Waals surface area contributed by atoms with E-state index in [9.17, 15) is 4.79 Å². The van der Waals surface area contributed by atoms with Crippen LogP contribution < -0.4 is 10.5 Å². The topological polar surface area (TPSA) is 33.5 Å². The Balaban J connectivity index is 2.30. The first-order valence-electron chi connectivity index (χ1n) is 8.75. The van der Waals surface area contributed by atoms with Gasteiger partial charge in [-0.15, -0.1) is 0 Å². The van der Waals surface area contributed by atoms with Crippen molar-refractivity contribution in [2.24, 2.45) is 0 Å². The quantitative estimate of drug-likeness (QED) is 0.784. The van der Waals surface area contributed by atoms with Crippen molar-refractivity contribution in [3.63, 3.8) is 0 Å². The highest BCUT2D eigenvalue weighted by atomic mass is 16.4. The van der Waals surface area contributed by atoms with Crippen molar-refractivity contribution in [1.82, 2.24) is 0 Å². The second-order valence-corrected chi connectivity index (χ2v) is 6.11. The number of hydrogen-bond donors (Lipinski definition) is 0. The molecule has 0 aliphatic heterocycles. The zero-order valence-corrected chi connectivity index (χ0v) is 14.1. The number of nitrogens with zero attached hydrogens (tertiary/aromatic N) is 1. The Labute approximate surface area is 137 Å². The highest BCUT2D eigenvalue weighted by Crippen LogP contribution is 2.36. The zero-order valence-electron chi connectivity index (χ0n) is 14.1. The molecule has 0 atom stereocenters. The molecule has 0 radical (unpaired) electrons. The van der Waals surface area contributed by atoms with Crippen LogP contribution in [0.3, 0.4) is 0 Å². The van der Waals surface area contributed by atoms with Gasteiger partial charge in [-0.1, -0.05) is 36.8 Å². The lowest BCUT2D eigenvalue weighted by Gasteiger charge is -2.27. The largest absolute Gasteiger partial charge is 0.427 e. The van der Waals surface area contributed by atoms with Crippen LogP contribution in [-0.2, 0) is 12.8 Å². The Morgan fingerprint density at radius 3 is 2.39 bits per heavy atom. The van der Waals surface area contributed by atoms with Crippen molar-refractivity contribution in [2.45, 2.75) is 46.0 Å². The molecule has 3 nitrogen and oxygen atoms in total. The molecule has 0 N–H and O–H groups in total. The van der Waals surface area contributed by atoms with E-state index < -0.39 is 0 Å². The molecule has 3 heteroatoms. The molecule has 122 valence electrons. The minimum Gasteiger partial charge on any atom is -0.427 e. The number of aryl methyl sites for hydroxylation is 1. The Morgan fingerprint density at radius 1 is 1.00 bits per heavy atom. The van der Waals surface area contributed by atoms with Gasteiger partial charge in [0.05, 0.1) is 11.3 Å². The van der Waals surface area contributed by atoms with Crippen LogP contribution in [0.15, 0.2) is 39.5 Å². The molecule has 1 aromatic heterocycles.